The number of aliphatic carboxylic acids is 1. The third kappa shape index (κ3) is 3.60. The zero-order valence-electron chi connectivity index (χ0n) is 14.5. The molecule has 0 aliphatic carbocycles. The number of hydrogen-bond donors (Lipinski definition) is 2. The van der Waals surface area contributed by atoms with E-state index in [4.69, 9.17) is 0 Å². The first kappa shape index (κ1) is 17.8. The standard InChI is InChI=1S/C19H15N5O3S/c25-18(26)9-17(12-4-2-1-3-5-12)24-11-20-14-8-13(6-7-16(14)24)21-19(27)15-10-28-23-22-15/h1-8,10-11,17H,9H2,(H,21,27)(H,25,26). The highest BCUT2D eigenvalue weighted by Crippen LogP contribution is 2.28. The molecule has 0 spiro atoms. The Morgan fingerprint density at radius 2 is 2.00 bits per heavy atom. The first-order valence-corrected chi connectivity index (χ1v) is 9.27. The number of carbonyl (C=O) groups excluding carboxylic acids is 1. The fourth-order valence-corrected chi connectivity index (χ4v) is 3.47. The van der Waals surface area contributed by atoms with Crippen LogP contribution in [0.25, 0.3) is 11.0 Å². The van der Waals surface area contributed by atoms with Gasteiger partial charge in [0.05, 0.1) is 29.8 Å². The molecule has 140 valence electrons. The molecule has 0 aliphatic heterocycles. The normalized spacial score (nSPS) is 12.0. The molecular formula is C19H15N5O3S. The van der Waals surface area contributed by atoms with Gasteiger partial charge in [-0.05, 0) is 35.3 Å². The second-order valence-corrected chi connectivity index (χ2v) is 6.73. The van der Waals surface area contributed by atoms with Crippen molar-refractivity contribution < 1.29 is 14.7 Å². The van der Waals surface area contributed by atoms with Gasteiger partial charge in [0.25, 0.3) is 5.91 Å². The van der Waals surface area contributed by atoms with Gasteiger partial charge in [-0.2, -0.15) is 0 Å². The number of aromatic nitrogens is 4. The first-order valence-electron chi connectivity index (χ1n) is 8.43. The Morgan fingerprint density at radius 1 is 1.18 bits per heavy atom. The van der Waals surface area contributed by atoms with Gasteiger partial charge in [0.2, 0.25) is 0 Å². The van der Waals surface area contributed by atoms with E-state index in [0.29, 0.717) is 11.2 Å². The number of carboxylic acid groups (broad SMARTS) is 1. The second-order valence-electron chi connectivity index (χ2n) is 6.12. The van der Waals surface area contributed by atoms with Crippen LogP contribution in [0.4, 0.5) is 5.69 Å². The molecule has 1 unspecified atom stereocenters. The summed E-state index contributed by atoms with van der Waals surface area (Å²) in [5.41, 5.74) is 3.15. The van der Waals surface area contributed by atoms with Crippen LogP contribution in [-0.2, 0) is 4.79 Å². The molecule has 0 aliphatic rings. The van der Waals surface area contributed by atoms with Crippen LogP contribution in [0.1, 0.15) is 28.5 Å². The number of amides is 1. The number of carbonyl (C=O) groups is 2. The minimum atomic E-state index is -0.892. The minimum Gasteiger partial charge on any atom is -0.481 e. The predicted molar refractivity (Wildman–Crippen MR) is 104 cm³/mol. The Bertz CT molecular complexity index is 1130. The molecule has 28 heavy (non-hydrogen) atoms. The number of anilines is 1. The van der Waals surface area contributed by atoms with E-state index in [-0.39, 0.29) is 24.1 Å². The lowest BCUT2D eigenvalue weighted by Crippen LogP contribution is -2.14. The van der Waals surface area contributed by atoms with Crippen LogP contribution in [-0.4, -0.2) is 36.1 Å². The van der Waals surface area contributed by atoms with Crippen LogP contribution in [0, 0.1) is 0 Å². The second kappa shape index (κ2) is 7.57. The maximum Gasteiger partial charge on any atom is 0.305 e. The summed E-state index contributed by atoms with van der Waals surface area (Å²) >= 11 is 1.10. The van der Waals surface area contributed by atoms with Gasteiger partial charge in [-0.15, -0.1) is 5.10 Å². The van der Waals surface area contributed by atoms with Crippen molar-refractivity contribution >= 4 is 40.1 Å². The van der Waals surface area contributed by atoms with Crippen molar-refractivity contribution in [2.75, 3.05) is 5.32 Å². The quantitative estimate of drug-likeness (QED) is 0.520. The minimum absolute atomic E-state index is 0.0647. The summed E-state index contributed by atoms with van der Waals surface area (Å²) in [5.74, 6) is -1.24. The Balaban J connectivity index is 1.66. The predicted octanol–water partition coefficient (Wildman–Crippen LogP) is 3.20. The van der Waals surface area contributed by atoms with Gasteiger partial charge in [-0.3, -0.25) is 9.59 Å². The van der Waals surface area contributed by atoms with Crippen LogP contribution in [0.15, 0.2) is 60.2 Å². The third-order valence-corrected chi connectivity index (χ3v) is 4.82. The van der Waals surface area contributed by atoms with Crippen LogP contribution < -0.4 is 5.32 Å². The van der Waals surface area contributed by atoms with Crippen LogP contribution >= 0.6 is 11.5 Å². The zero-order chi connectivity index (χ0) is 19.5. The molecule has 0 fully saturated rings. The van der Waals surface area contributed by atoms with Gasteiger partial charge in [0.1, 0.15) is 0 Å². The van der Waals surface area contributed by atoms with E-state index in [0.717, 1.165) is 22.6 Å². The van der Waals surface area contributed by atoms with Crippen molar-refractivity contribution in [1.82, 2.24) is 19.1 Å². The molecule has 2 N–H and O–H groups in total. The molecule has 0 radical (unpaired) electrons. The average Bonchev–Trinajstić information content (AvgIpc) is 3.36. The van der Waals surface area contributed by atoms with E-state index >= 15 is 0 Å². The largest absolute Gasteiger partial charge is 0.481 e. The molecule has 0 saturated carbocycles. The van der Waals surface area contributed by atoms with E-state index in [2.05, 4.69) is 19.9 Å². The van der Waals surface area contributed by atoms with Gasteiger partial charge in [0.15, 0.2) is 5.69 Å². The maximum atomic E-state index is 12.1. The Hall–Kier alpha value is -3.59. The molecule has 0 saturated heterocycles. The Morgan fingerprint density at radius 3 is 2.71 bits per heavy atom. The number of fused-ring (bicyclic) bond motifs is 1. The molecule has 8 nitrogen and oxygen atoms in total. The summed E-state index contributed by atoms with van der Waals surface area (Å²) in [6.07, 6.45) is 1.56. The summed E-state index contributed by atoms with van der Waals surface area (Å²) in [5, 5.41) is 17.4. The molecule has 2 heterocycles. The van der Waals surface area contributed by atoms with Crippen LogP contribution in [0.3, 0.4) is 0 Å². The van der Waals surface area contributed by atoms with E-state index in [1.807, 2.05) is 41.0 Å². The number of benzene rings is 2. The van der Waals surface area contributed by atoms with Gasteiger partial charge < -0.3 is 15.0 Å². The van der Waals surface area contributed by atoms with Crippen molar-refractivity contribution in [2.45, 2.75) is 12.5 Å². The third-order valence-electron chi connectivity index (χ3n) is 4.31. The van der Waals surface area contributed by atoms with Crippen molar-refractivity contribution in [2.24, 2.45) is 0 Å². The summed E-state index contributed by atoms with van der Waals surface area (Å²) in [6.45, 7) is 0. The highest BCUT2D eigenvalue weighted by molar-refractivity contribution is 7.03. The number of imidazole rings is 1. The lowest BCUT2D eigenvalue weighted by molar-refractivity contribution is -0.137. The van der Waals surface area contributed by atoms with E-state index in [9.17, 15) is 14.7 Å². The van der Waals surface area contributed by atoms with E-state index < -0.39 is 5.97 Å². The highest BCUT2D eigenvalue weighted by Gasteiger charge is 2.20. The van der Waals surface area contributed by atoms with Crippen molar-refractivity contribution in [3.8, 4) is 0 Å². The highest BCUT2D eigenvalue weighted by atomic mass is 32.1. The van der Waals surface area contributed by atoms with Crippen LogP contribution in [0.2, 0.25) is 0 Å². The average molecular weight is 393 g/mol. The molecule has 0 bridgehead atoms. The Labute approximate surface area is 163 Å². The maximum absolute atomic E-state index is 12.1. The number of nitrogens with zero attached hydrogens (tertiary/aromatic N) is 4. The molecular weight excluding hydrogens is 378 g/mol. The fourth-order valence-electron chi connectivity index (χ4n) is 3.03. The topological polar surface area (TPSA) is 110 Å². The molecule has 4 aromatic rings. The molecule has 9 heteroatoms. The van der Waals surface area contributed by atoms with E-state index in [1.165, 1.54) is 0 Å². The summed E-state index contributed by atoms with van der Waals surface area (Å²) < 4.78 is 5.52. The SMILES string of the molecule is O=C(O)CC(c1ccccc1)n1cnc2cc(NC(=O)c3csnn3)ccc21. The number of nitrogens with one attached hydrogen (secondary N) is 1. The monoisotopic (exact) mass is 393 g/mol. The van der Waals surface area contributed by atoms with Crippen molar-refractivity contribution in [3.63, 3.8) is 0 Å². The number of rotatable bonds is 6. The Kier molecular flexibility index (Phi) is 4.81. The van der Waals surface area contributed by atoms with Crippen molar-refractivity contribution in [3.05, 3.63) is 71.5 Å². The summed E-state index contributed by atoms with van der Waals surface area (Å²) in [4.78, 5) is 27.9. The lowest BCUT2D eigenvalue weighted by Gasteiger charge is -2.18. The summed E-state index contributed by atoms with van der Waals surface area (Å²) in [6, 6.07) is 14.4. The molecule has 1 atom stereocenters. The number of hydrogen-bond acceptors (Lipinski definition) is 6. The van der Waals surface area contributed by atoms with E-state index in [1.54, 1.807) is 23.8 Å². The molecule has 4 rings (SSSR count). The molecule has 2 aromatic heterocycles. The van der Waals surface area contributed by atoms with Gasteiger partial charge in [-0.25, -0.2) is 4.98 Å². The fraction of sp³-hybridized carbons (Fsp3) is 0.105. The van der Waals surface area contributed by atoms with Gasteiger partial charge in [0, 0.05) is 11.1 Å². The molecule has 1 amide bonds. The van der Waals surface area contributed by atoms with Crippen LogP contribution in [0.5, 0.6) is 0 Å². The molecule has 2 aromatic carbocycles. The van der Waals surface area contributed by atoms with Gasteiger partial charge >= 0.3 is 5.97 Å². The van der Waals surface area contributed by atoms with Crippen molar-refractivity contribution in [1.29, 1.82) is 0 Å². The van der Waals surface area contributed by atoms with Gasteiger partial charge in [-0.1, -0.05) is 34.8 Å². The summed E-state index contributed by atoms with van der Waals surface area (Å²) in [7, 11) is 0. The number of carboxylic acids is 1. The first-order chi connectivity index (χ1) is 13.6. The zero-order valence-corrected chi connectivity index (χ0v) is 15.3. The smallest absolute Gasteiger partial charge is 0.305 e. The lowest BCUT2D eigenvalue weighted by atomic mass is 10.0.